The summed E-state index contributed by atoms with van der Waals surface area (Å²) in [6.07, 6.45) is 13.7. The summed E-state index contributed by atoms with van der Waals surface area (Å²) in [5.41, 5.74) is 7.29. The molecule has 0 aliphatic rings. The molecule has 2 radical (unpaired) electrons. The molecular formula is C65H80O6Ru2S3+6. The van der Waals surface area contributed by atoms with Crippen molar-refractivity contribution in [2.24, 2.45) is 0 Å². The Bertz CT molecular complexity index is 2220. The van der Waals surface area contributed by atoms with Gasteiger partial charge in [-0.15, -0.1) is 37.9 Å². The van der Waals surface area contributed by atoms with Crippen LogP contribution in [0.3, 0.4) is 0 Å². The van der Waals surface area contributed by atoms with Crippen LogP contribution >= 0.6 is 37.9 Å². The van der Waals surface area contributed by atoms with E-state index in [4.69, 9.17) is 18.9 Å². The Morgan fingerprint density at radius 3 is 0.921 bits per heavy atom. The zero-order valence-electron chi connectivity index (χ0n) is 45.1. The number of hydrogen-bond donors (Lipinski definition) is 3. The number of rotatable bonds is 22. The average Bonchev–Trinajstić information content (AvgIpc) is 3.42. The van der Waals surface area contributed by atoms with Crippen molar-refractivity contribution in [1.82, 2.24) is 0 Å². The summed E-state index contributed by atoms with van der Waals surface area (Å²) in [6, 6.07) is 58.6. The topological polar surface area (TPSA) is 71.1 Å². The zero-order chi connectivity index (χ0) is 53.4. The van der Waals surface area contributed by atoms with Gasteiger partial charge in [0.2, 0.25) is 0 Å². The molecule has 0 saturated carbocycles. The van der Waals surface area contributed by atoms with Crippen LogP contribution in [0, 0.1) is 20.8 Å². The van der Waals surface area contributed by atoms with Crippen molar-refractivity contribution in [3.05, 3.63) is 221 Å². The first kappa shape index (κ1) is 69.4. The van der Waals surface area contributed by atoms with Gasteiger partial charge in [0.15, 0.2) is 0 Å². The molecule has 0 amide bonds. The molecule has 7 aromatic rings. The third kappa shape index (κ3) is 34.2. The monoisotopic (exact) mass is 1260 g/mol. The van der Waals surface area contributed by atoms with Crippen molar-refractivity contribution in [1.29, 1.82) is 0 Å². The van der Waals surface area contributed by atoms with Crippen molar-refractivity contribution in [2.45, 2.75) is 126 Å². The van der Waals surface area contributed by atoms with Crippen molar-refractivity contribution in [3.8, 4) is 11.5 Å². The Hall–Kier alpha value is -4.62. The first-order valence-electron chi connectivity index (χ1n) is 26.1. The van der Waals surface area contributed by atoms with Gasteiger partial charge in [-0.3, -0.25) is 0 Å². The quantitative estimate of drug-likeness (QED) is 0.0272. The molecular weight excluding hydrogens is 1180 g/mol. The minimum Gasteiger partial charge on any atom is -0.494 e. The Morgan fingerprint density at radius 2 is 0.645 bits per heavy atom. The van der Waals surface area contributed by atoms with E-state index in [0.29, 0.717) is 24.3 Å². The molecule has 6 nitrogen and oxygen atoms in total. The predicted octanol–water partition coefficient (Wildman–Crippen LogP) is 17.7. The number of hydrogen-bond acceptors (Lipinski definition) is 9. The average molecular weight is 1260 g/mol. The molecule has 0 aromatic heterocycles. The maximum absolute atomic E-state index is 12.0. The molecule has 0 saturated heterocycles. The van der Waals surface area contributed by atoms with E-state index in [1.54, 1.807) is 24.3 Å². The fourth-order valence-corrected chi connectivity index (χ4v) is 7.23. The van der Waals surface area contributed by atoms with Crippen LogP contribution in [0.25, 0.3) is 0 Å². The third-order valence-electron chi connectivity index (χ3n) is 11.2. The summed E-state index contributed by atoms with van der Waals surface area (Å²) in [5.74, 6) is 1.02. The Kier molecular flexibility index (Phi) is 40.5. The molecule has 0 aliphatic heterocycles. The predicted molar refractivity (Wildman–Crippen MR) is 318 cm³/mol. The molecule has 0 spiro atoms. The molecule has 11 heteroatoms. The molecule has 0 heterocycles. The normalized spacial score (nSPS) is 9.79. The molecule has 0 bridgehead atoms. The number of ether oxygens (including phenoxy) is 4. The smallest absolute Gasteiger partial charge is 0.494 e. The van der Waals surface area contributed by atoms with E-state index in [1.165, 1.54) is 68.1 Å². The zero-order valence-corrected chi connectivity index (χ0v) is 51.3. The minimum absolute atomic E-state index is 0. The van der Waals surface area contributed by atoms with Crippen LogP contribution in [-0.4, -0.2) is 38.4 Å². The second-order valence-electron chi connectivity index (χ2n) is 17.8. The Labute approximate surface area is 498 Å². The number of unbranched alkanes of at least 4 members (excludes halogenated alkanes) is 8. The van der Waals surface area contributed by atoms with Gasteiger partial charge in [-0.05, 0) is 130 Å². The van der Waals surface area contributed by atoms with Gasteiger partial charge in [-0.25, -0.2) is 9.59 Å². The van der Waals surface area contributed by atoms with Crippen LogP contribution in [0.2, 0.25) is 0 Å². The number of esters is 2. The standard InChI is InChI=1S/2C22H28O3.3C7H8S.2Ru/c2*1-2-3-4-5-9-17-24-21-14-12-20(13-15-21)22(23)25-18-16-19-10-7-6-8-11-19;3*1-6-2-4-7(8)5-3-6;;/h2*6-8,10-15H,2-5,9,16-18H2,1H3;3*2-5,8H,1H3;;/q;;;;;2*+3. The Balaban J connectivity index is 0.000000522. The molecule has 7 rings (SSSR count). The summed E-state index contributed by atoms with van der Waals surface area (Å²) in [7, 11) is 0. The summed E-state index contributed by atoms with van der Waals surface area (Å²) in [5, 5.41) is 0. The largest absolute Gasteiger partial charge is 3.00 e. The molecule has 7 aromatic carbocycles. The summed E-state index contributed by atoms with van der Waals surface area (Å²) in [6.45, 7) is 12.8. The number of thiol groups is 3. The van der Waals surface area contributed by atoms with E-state index in [1.807, 2.05) is 158 Å². The number of benzene rings is 7. The number of aryl methyl sites for hydroxylation is 3. The summed E-state index contributed by atoms with van der Waals surface area (Å²) < 4.78 is 22.1. The van der Waals surface area contributed by atoms with Crippen LogP contribution < -0.4 is 9.47 Å². The maximum Gasteiger partial charge on any atom is 3.00 e. The van der Waals surface area contributed by atoms with Gasteiger partial charge < -0.3 is 18.9 Å². The third-order valence-corrected chi connectivity index (χ3v) is 12.1. The maximum atomic E-state index is 12.0. The van der Waals surface area contributed by atoms with Crippen molar-refractivity contribution < 1.29 is 67.5 Å². The van der Waals surface area contributed by atoms with Crippen LogP contribution in [0.15, 0.2) is 197 Å². The fourth-order valence-electron chi connectivity index (χ4n) is 6.78. The van der Waals surface area contributed by atoms with E-state index < -0.39 is 0 Å². The van der Waals surface area contributed by atoms with Crippen molar-refractivity contribution >= 4 is 49.8 Å². The Morgan fingerprint density at radius 1 is 0.355 bits per heavy atom. The molecule has 0 aliphatic carbocycles. The van der Waals surface area contributed by atoms with Crippen LogP contribution in [-0.2, 0) is 61.3 Å². The molecule has 0 unspecified atom stereocenters. The van der Waals surface area contributed by atoms with E-state index in [0.717, 1.165) is 76.2 Å². The number of carbonyl (C=O) groups excluding carboxylic acids is 2. The molecule has 76 heavy (non-hydrogen) atoms. The van der Waals surface area contributed by atoms with E-state index in [9.17, 15) is 9.59 Å². The summed E-state index contributed by atoms with van der Waals surface area (Å²) in [4.78, 5) is 27.2. The van der Waals surface area contributed by atoms with Crippen LogP contribution in [0.1, 0.15) is 127 Å². The van der Waals surface area contributed by atoms with E-state index >= 15 is 0 Å². The summed E-state index contributed by atoms with van der Waals surface area (Å²) >= 11 is 12.4. The van der Waals surface area contributed by atoms with Gasteiger partial charge in [0.05, 0.1) is 37.6 Å². The first-order chi connectivity index (χ1) is 35.9. The fraction of sp³-hybridized carbons (Fsp3) is 0.323. The first-order valence-corrected chi connectivity index (χ1v) is 27.4. The van der Waals surface area contributed by atoms with Gasteiger partial charge in [-0.1, -0.05) is 179 Å². The second kappa shape index (κ2) is 44.4. The van der Waals surface area contributed by atoms with Gasteiger partial charge in [0.25, 0.3) is 0 Å². The molecule has 404 valence electrons. The van der Waals surface area contributed by atoms with E-state index in [2.05, 4.69) is 72.5 Å². The van der Waals surface area contributed by atoms with Crippen molar-refractivity contribution in [3.63, 3.8) is 0 Å². The minimum atomic E-state index is -0.290. The second-order valence-corrected chi connectivity index (χ2v) is 19.4. The molecule has 0 fully saturated rings. The molecule has 0 atom stereocenters. The number of carbonyl (C=O) groups is 2. The van der Waals surface area contributed by atoms with Gasteiger partial charge in [0, 0.05) is 27.5 Å². The van der Waals surface area contributed by atoms with Gasteiger partial charge in [-0.2, -0.15) is 0 Å². The molecule has 0 N–H and O–H groups in total. The van der Waals surface area contributed by atoms with Gasteiger partial charge in [0.1, 0.15) is 11.5 Å². The van der Waals surface area contributed by atoms with Crippen LogP contribution in [0.4, 0.5) is 0 Å². The van der Waals surface area contributed by atoms with Crippen LogP contribution in [0.5, 0.6) is 11.5 Å². The van der Waals surface area contributed by atoms with E-state index in [-0.39, 0.29) is 50.9 Å². The van der Waals surface area contributed by atoms with Gasteiger partial charge >= 0.3 is 50.9 Å². The SMILES string of the molecule is CCCCCCCOc1ccc(C(=O)OCCc2ccccc2)cc1.CCCCCCCOc1ccc(C(=O)OCCc2ccccc2)cc1.Cc1ccc(S)cc1.Cc1ccc(S)cc1.Cc1ccc(S)cc1.[Ru+3].[Ru+3]. The van der Waals surface area contributed by atoms with Crippen molar-refractivity contribution in [2.75, 3.05) is 26.4 Å².